The van der Waals surface area contributed by atoms with Gasteiger partial charge in [0.15, 0.2) is 11.5 Å². The van der Waals surface area contributed by atoms with Crippen LogP contribution in [0.5, 0.6) is 11.5 Å². The van der Waals surface area contributed by atoms with Crippen molar-refractivity contribution in [3.05, 3.63) is 18.2 Å². The molecule has 3 N–H and O–H groups in total. The fourth-order valence-electron chi connectivity index (χ4n) is 2.03. The molecule has 0 aromatic heterocycles. The summed E-state index contributed by atoms with van der Waals surface area (Å²) in [6, 6.07) is 4.23. The highest BCUT2D eigenvalue weighted by Gasteiger charge is 2.29. The zero-order valence-corrected chi connectivity index (χ0v) is 15.4. The molecule has 0 aliphatic carbocycles. The van der Waals surface area contributed by atoms with Gasteiger partial charge in [0.1, 0.15) is 0 Å². The lowest BCUT2D eigenvalue weighted by molar-refractivity contribution is 0.286. The Morgan fingerprint density at radius 2 is 1.70 bits per heavy atom. The van der Waals surface area contributed by atoms with Crippen LogP contribution in [0.1, 0.15) is 34.6 Å². The molecule has 0 heterocycles. The normalized spacial score (nSPS) is 13.7. The number of sulfonamides is 1. The number of nitrogens with one attached hydrogen (secondary N) is 1. The summed E-state index contributed by atoms with van der Waals surface area (Å²) in [6.45, 7) is 10.6. The van der Waals surface area contributed by atoms with Crippen LogP contribution in [-0.2, 0) is 10.0 Å². The second-order valence-electron chi connectivity index (χ2n) is 6.25. The predicted octanol–water partition coefficient (Wildman–Crippen LogP) is 2.14. The Bertz CT molecular complexity index is 609. The van der Waals surface area contributed by atoms with Crippen molar-refractivity contribution in [1.82, 2.24) is 4.72 Å². The maximum atomic E-state index is 12.6. The molecule has 0 saturated carbocycles. The van der Waals surface area contributed by atoms with Crippen molar-refractivity contribution in [1.29, 1.82) is 0 Å². The molecule has 0 amide bonds. The van der Waals surface area contributed by atoms with Gasteiger partial charge in [0.05, 0.1) is 18.1 Å². The summed E-state index contributed by atoms with van der Waals surface area (Å²) in [5.41, 5.74) is 5.43. The van der Waals surface area contributed by atoms with Gasteiger partial charge in [-0.25, -0.2) is 13.1 Å². The zero-order chi connectivity index (χ0) is 17.7. The van der Waals surface area contributed by atoms with Crippen molar-refractivity contribution in [3.63, 3.8) is 0 Å². The molecule has 0 spiro atoms. The average molecular weight is 344 g/mol. The van der Waals surface area contributed by atoms with Crippen LogP contribution >= 0.6 is 0 Å². The molecule has 0 radical (unpaired) electrons. The standard InChI is InChI=1S/C16H28N2O4S/c1-6-21-13-9-8-12(10-14(13)22-7-2)23(19,20)18-15(11-17)16(3,4)5/h8-10,15,18H,6-7,11,17H2,1-5H3. The van der Waals surface area contributed by atoms with E-state index in [9.17, 15) is 8.42 Å². The largest absolute Gasteiger partial charge is 0.490 e. The SMILES string of the molecule is CCOc1ccc(S(=O)(=O)NC(CN)C(C)(C)C)cc1OCC. The van der Waals surface area contributed by atoms with Crippen LogP contribution in [0.4, 0.5) is 0 Å². The minimum absolute atomic E-state index is 0.132. The maximum Gasteiger partial charge on any atom is 0.241 e. The minimum Gasteiger partial charge on any atom is -0.490 e. The summed E-state index contributed by atoms with van der Waals surface area (Å²) in [5.74, 6) is 0.941. The highest BCUT2D eigenvalue weighted by atomic mass is 32.2. The van der Waals surface area contributed by atoms with E-state index in [-0.39, 0.29) is 22.9 Å². The van der Waals surface area contributed by atoms with Gasteiger partial charge in [-0.2, -0.15) is 0 Å². The number of ether oxygens (including phenoxy) is 2. The molecule has 1 unspecified atom stereocenters. The lowest BCUT2D eigenvalue weighted by atomic mass is 9.88. The molecule has 0 bridgehead atoms. The van der Waals surface area contributed by atoms with E-state index in [1.165, 1.54) is 12.1 Å². The fraction of sp³-hybridized carbons (Fsp3) is 0.625. The van der Waals surface area contributed by atoms with Gasteiger partial charge in [-0.05, 0) is 31.4 Å². The van der Waals surface area contributed by atoms with E-state index >= 15 is 0 Å². The Morgan fingerprint density at radius 3 is 2.17 bits per heavy atom. The first-order valence-electron chi connectivity index (χ1n) is 7.77. The van der Waals surface area contributed by atoms with E-state index in [1.54, 1.807) is 6.07 Å². The zero-order valence-electron chi connectivity index (χ0n) is 14.5. The third kappa shape index (κ3) is 5.37. The minimum atomic E-state index is -3.69. The lowest BCUT2D eigenvalue weighted by Gasteiger charge is -2.30. The molecule has 0 aliphatic heterocycles. The molecule has 6 nitrogen and oxygen atoms in total. The second kappa shape index (κ2) is 7.99. The van der Waals surface area contributed by atoms with Crippen LogP contribution in [0.3, 0.4) is 0 Å². The Morgan fingerprint density at radius 1 is 1.13 bits per heavy atom. The number of nitrogens with two attached hydrogens (primary N) is 1. The van der Waals surface area contributed by atoms with E-state index in [1.807, 2.05) is 34.6 Å². The van der Waals surface area contributed by atoms with Gasteiger partial charge >= 0.3 is 0 Å². The Labute approximate surface area is 139 Å². The molecule has 0 aliphatic rings. The van der Waals surface area contributed by atoms with Crippen molar-refractivity contribution in [2.45, 2.75) is 45.6 Å². The number of benzene rings is 1. The monoisotopic (exact) mass is 344 g/mol. The summed E-state index contributed by atoms with van der Waals surface area (Å²) in [7, 11) is -3.69. The van der Waals surface area contributed by atoms with Crippen molar-refractivity contribution >= 4 is 10.0 Å². The molecule has 0 fully saturated rings. The molecule has 132 valence electrons. The van der Waals surface area contributed by atoms with Gasteiger partial charge in [-0.3, -0.25) is 0 Å². The third-order valence-corrected chi connectivity index (χ3v) is 4.87. The predicted molar refractivity (Wildman–Crippen MR) is 91.4 cm³/mol. The molecule has 1 aromatic carbocycles. The molecule has 1 rings (SSSR count). The van der Waals surface area contributed by atoms with E-state index in [0.29, 0.717) is 24.7 Å². The van der Waals surface area contributed by atoms with E-state index in [0.717, 1.165) is 0 Å². The van der Waals surface area contributed by atoms with Crippen molar-refractivity contribution in [2.75, 3.05) is 19.8 Å². The lowest BCUT2D eigenvalue weighted by Crippen LogP contribution is -2.48. The topological polar surface area (TPSA) is 90.7 Å². The Kier molecular flexibility index (Phi) is 6.85. The van der Waals surface area contributed by atoms with Crippen molar-refractivity contribution in [3.8, 4) is 11.5 Å². The first kappa shape index (κ1) is 19.7. The Hall–Kier alpha value is -1.31. The molecule has 0 saturated heterocycles. The van der Waals surface area contributed by atoms with Gasteiger partial charge in [-0.15, -0.1) is 0 Å². The fourth-order valence-corrected chi connectivity index (χ4v) is 3.50. The number of rotatable bonds is 8. The quantitative estimate of drug-likeness (QED) is 0.754. The molecular weight excluding hydrogens is 316 g/mol. The maximum absolute atomic E-state index is 12.6. The van der Waals surface area contributed by atoms with Crippen LogP contribution < -0.4 is 19.9 Å². The summed E-state index contributed by atoms with van der Waals surface area (Å²) in [4.78, 5) is 0.132. The van der Waals surface area contributed by atoms with Crippen LogP contribution in [0.25, 0.3) is 0 Å². The van der Waals surface area contributed by atoms with Gasteiger partial charge in [-0.1, -0.05) is 20.8 Å². The van der Waals surface area contributed by atoms with Crippen LogP contribution in [0.2, 0.25) is 0 Å². The Balaban J connectivity index is 3.15. The molecule has 23 heavy (non-hydrogen) atoms. The highest BCUT2D eigenvalue weighted by Crippen LogP contribution is 2.30. The van der Waals surface area contributed by atoms with Gasteiger partial charge in [0.2, 0.25) is 10.0 Å². The highest BCUT2D eigenvalue weighted by molar-refractivity contribution is 7.89. The van der Waals surface area contributed by atoms with Crippen LogP contribution in [-0.4, -0.2) is 34.2 Å². The summed E-state index contributed by atoms with van der Waals surface area (Å²) >= 11 is 0. The second-order valence-corrected chi connectivity index (χ2v) is 7.96. The molecule has 7 heteroatoms. The van der Waals surface area contributed by atoms with Crippen molar-refractivity contribution < 1.29 is 17.9 Å². The van der Waals surface area contributed by atoms with Crippen LogP contribution in [0, 0.1) is 5.41 Å². The summed E-state index contributed by atoms with van der Waals surface area (Å²) in [5, 5.41) is 0. The molecular formula is C16H28N2O4S. The van der Waals surface area contributed by atoms with Gasteiger partial charge in [0.25, 0.3) is 0 Å². The summed E-state index contributed by atoms with van der Waals surface area (Å²) in [6.07, 6.45) is 0. The van der Waals surface area contributed by atoms with Gasteiger partial charge < -0.3 is 15.2 Å². The molecule has 1 atom stereocenters. The number of hydrogen-bond acceptors (Lipinski definition) is 5. The first-order valence-corrected chi connectivity index (χ1v) is 9.26. The van der Waals surface area contributed by atoms with Crippen molar-refractivity contribution in [2.24, 2.45) is 11.1 Å². The van der Waals surface area contributed by atoms with E-state index < -0.39 is 10.0 Å². The first-order chi connectivity index (χ1) is 10.7. The summed E-state index contributed by atoms with van der Waals surface area (Å²) < 4.78 is 38.8. The van der Waals surface area contributed by atoms with E-state index in [4.69, 9.17) is 15.2 Å². The van der Waals surface area contributed by atoms with Crippen LogP contribution in [0.15, 0.2) is 23.1 Å². The number of hydrogen-bond donors (Lipinski definition) is 2. The van der Waals surface area contributed by atoms with Gasteiger partial charge in [0, 0.05) is 18.7 Å². The molecule has 1 aromatic rings. The van der Waals surface area contributed by atoms with E-state index in [2.05, 4.69) is 4.72 Å². The smallest absolute Gasteiger partial charge is 0.241 e. The average Bonchev–Trinajstić information content (AvgIpc) is 2.46. The third-order valence-electron chi connectivity index (χ3n) is 3.40.